The van der Waals surface area contributed by atoms with Crippen molar-refractivity contribution in [1.82, 2.24) is 14.5 Å². The van der Waals surface area contributed by atoms with Gasteiger partial charge < -0.3 is 14.0 Å². The standard InChI is InChI=1S/C21H23F2N3O2/c1-3-27-21-16(22)8-14(9-17(21)23)11-26-6-7-28-20(12-26)15-4-5-18-19(10-15)25(2)13-24-18/h4-5,8-10,13,20H,3,6-7,11-12H2,1-2H3. The molecule has 1 saturated heterocycles. The number of nitrogens with zero attached hydrogens (tertiary/aromatic N) is 3. The number of aryl methyl sites for hydroxylation is 1. The molecule has 0 aliphatic carbocycles. The zero-order valence-corrected chi connectivity index (χ0v) is 16.0. The lowest BCUT2D eigenvalue weighted by Crippen LogP contribution is -2.37. The van der Waals surface area contributed by atoms with Gasteiger partial charge in [0.25, 0.3) is 0 Å². The van der Waals surface area contributed by atoms with Crippen molar-refractivity contribution in [2.24, 2.45) is 7.05 Å². The molecule has 0 spiro atoms. The van der Waals surface area contributed by atoms with E-state index in [-0.39, 0.29) is 18.5 Å². The molecule has 7 heteroatoms. The SMILES string of the molecule is CCOc1c(F)cc(CN2CCOC(c3ccc4ncn(C)c4c3)C2)cc1F. The summed E-state index contributed by atoms with van der Waals surface area (Å²) in [6.07, 6.45) is 1.70. The van der Waals surface area contributed by atoms with Crippen LogP contribution in [0.25, 0.3) is 11.0 Å². The molecule has 1 aromatic heterocycles. The molecule has 0 saturated carbocycles. The highest BCUT2D eigenvalue weighted by atomic mass is 19.1. The molecule has 5 nitrogen and oxygen atoms in total. The van der Waals surface area contributed by atoms with Gasteiger partial charge in [0, 0.05) is 26.7 Å². The first kappa shape index (κ1) is 18.8. The summed E-state index contributed by atoms with van der Waals surface area (Å²) in [4.78, 5) is 6.49. The molecule has 148 valence electrons. The van der Waals surface area contributed by atoms with Crippen LogP contribution in [0.3, 0.4) is 0 Å². The summed E-state index contributed by atoms with van der Waals surface area (Å²) < 4.78 is 41.2. The van der Waals surface area contributed by atoms with Gasteiger partial charge in [-0.25, -0.2) is 13.8 Å². The predicted octanol–water partition coefficient (Wildman–Crippen LogP) is 3.82. The Morgan fingerprint density at radius 2 is 2.00 bits per heavy atom. The van der Waals surface area contributed by atoms with Gasteiger partial charge in [-0.1, -0.05) is 6.07 Å². The molecule has 28 heavy (non-hydrogen) atoms. The van der Waals surface area contributed by atoms with Crippen molar-refractivity contribution in [1.29, 1.82) is 0 Å². The fourth-order valence-corrected chi connectivity index (χ4v) is 3.64. The Balaban J connectivity index is 1.50. The molecule has 0 radical (unpaired) electrons. The van der Waals surface area contributed by atoms with Gasteiger partial charge in [-0.2, -0.15) is 0 Å². The van der Waals surface area contributed by atoms with Crippen LogP contribution in [-0.4, -0.2) is 40.8 Å². The van der Waals surface area contributed by atoms with E-state index >= 15 is 0 Å². The maximum atomic E-state index is 14.1. The third kappa shape index (κ3) is 3.72. The average molecular weight is 387 g/mol. The van der Waals surface area contributed by atoms with E-state index in [4.69, 9.17) is 9.47 Å². The molecular weight excluding hydrogens is 364 g/mol. The number of imidazole rings is 1. The first-order chi connectivity index (χ1) is 13.5. The van der Waals surface area contributed by atoms with Crippen LogP contribution in [0.1, 0.15) is 24.2 Å². The molecule has 0 amide bonds. The summed E-state index contributed by atoms with van der Waals surface area (Å²) in [7, 11) is 1.96. The molecule has 1 fully saturated rings. The zero-order valence-electron chi connectivity index (χ0n) is 16.0. The van der Waals surface area contributed by atoms with Crippen molar-refractivity contribution in [3.8, 4) is 5.75 Å². The number of halogens is 2. The number of benzene rings is 2. The second kappa shape index (κ2) is 7.85. The Morgan fingerprint density at radius 1 is 1.21 bits per heavy atom. The summed E-state index contributed by atoms with van der Waals surface area (Å²) in [5.74, 6) is -1.64. The molecule has 2 heterocycles. The molecule has 0 bridgehead atoms. The number of morpholine rings is 1. The molecular formula is C21H23F2N3O2. The van der Waals surface area contributed by atoms with Gasteiger partial charge in [-0.15, -0.1) is 0 Å². The minimum Gasteiger partial charge on any atom is -0.488 e. The van der Waals surface area contributed by atoms with Crippen LogP contribution >= 0.6 is 0 Å². The molecule has 1 aliphatic rings. The number of hydrogen-bond donors (Lipinski definition) is 0. The van der Waals surface area contributed by atoms with Gasteiger partial charge >= 0.3 is 0 Å². The van der Waals surface area contributed by atoms with Crippen LogP contribution in [0, 0.1) is 11.6 Å². The van der Waals surface area contributed by atoms with E-state index in [2.05, 4.69) is 16.0 Å². The van der Waals surface area contributed by atoms with E-state index in [0.717, 1.165) is 16.6 Å². The molecule has 2 aromatic carbocycles. The zero-order chi connectivity index (χ0) is 19.7. The lowest BCUT2D eigenvalue weighted by Gasteiger charge is -2.33. The highest BCUT2D eigenvalue weighted by Gasteiger charge is 2.23. The van der Waals surface area contributed by atoms with Crippen LogP contribution in [0.2, 0.25) is 0 Å². The highest BCUT2D eigenvalue weighted by Crippen LogP contribution is 2.28. The van der Waals surface area contributed by atoms with Crippen LogP contribution in [0.4, 0.5) is 8.78 Å². The first-order valence-corrected chi connectivity index (χ1v) is 9.40. The Bertz CT molecular complexity index is 966. The number of ether oxygens (including phenoxy) is 2. The topological polar surface area (TPSA) is 39.5 Å². The van der Waals surface area contributed by atoms with Crippen molar-refractivity contribution >= 4 is 11.0 Å². The van der Waals surface area contributed by atoms with Crippen LogP contribution in [-0.2, 0) is 18.3 Å². The third-order valence-electron chi connectivity index (χ3n) is 5.02. The number of aromatic nitrogens is 2. The summed E-state index contributed by atoms with van der Waals surface area (Å²) in [6, 6.07) is 8.80. The second-order valence-electron chi connectivity index (χ2n) is 7.02. The molecule has 1 atom stereocenters. The normalized spacial score (nSPS) is 17.9. The summed E-state index contributed by atoms with van der Waals surface area (Å²) in [6.45, 7) is 4.30. The lowest BCUT2D eigenvalue weighted by atomic mass is 10.1. The smallest absolute Gasteiger partial charge is 0.190 e. The van der Waals surface area contributed by atoms with E-state index in [1.807, 2.05) is 23.7 Å². The maximum Gasteiger partial charge on any atom is 0.190 e. The van der Waals surface area contributed by atoms with E-state index in [9.17, 15) is 8.78 Å². The largest absolute Gasteiger partial charge is 0.488 e. The van der Waals surface area contributed by atoms with Gasteiger partial charge in [-0.3, -0.25) is 4.90 Å². The minimum absolute atomic E-state index is 0.0922. The van der Waals surface area contributed by atoms with Crippen molar-refractivity contribution in [2.75, 3.05) is 26.3 Å². The van der Waals surface area contributed by atoms with E-state index in [1.165, 1.54) is 12.1 Å². The monoisotopic (exact) mass is 387 g/mol. The Labute approximate surface area is 162 Å². The fraction of sp³-hybridized carbons (Fsp3) is 0.381. The van der Waals surface area contributed by atoms with E-state index < -0.39 is 11.6 Å². The molecule has 0 N–H and O–H groups in total. The quantitative estimate of drug-likeness (QED) is 0.667. The minimum atomic E-state index is -0.664. The van der Waals surface area contributed by atoms with E-state index in [0.29, 0.717) is 31.8 Å². The van der Waals surface area contributed by atoms with E-state index in [1.54, 1.807) is 13.3 Å². The van der Waals surface area contributed by atoms with Crippen LogP contribution in [0.5, 0.6) is 5.75 Å². The summed E-state index contributed by atoms with van der Waals surface area (Å²) >= 11 is 0. The molecule has 1 unspecified atom stereocenters. The third-order valence-corrected chi connectivity index (χ3v) is 5.02. The fourth-order valence-electron chi connectivity index (χ4n) is 3.64. The Hall–Kier alpha value is -2.51. The Morgan fingerprint density at radius 3 is 2.75 bits per heavy atom. The predicted molar refractivity (Wildman–Crippen MR) is 102 cm³/mol. The summed E-state index contributed by atoms with van der Waals surface area (Å²) in [5, 5.41) is 0. The van der Waals surface area contributed by atoms with Gasteiger partial charge in [0.05, 0.1) is 36.7 Å². The van der Waals surface area contributed by atoms with Gasteiger partial charge in [-0.05, 0) is 42.3 Å². The highest BCUT2D eigenvalue weighted by molar-refractivity contribution is 5.76. The van der Waals surface area contributed by atoms with Gasteiger partial charge in [0.2, 0.25) is 0 Å². The van der Waals surface area contributed by atoms with Crippen LogP contribution < -0.4 is 4.74 Å². The summed E-state index contributed by atoms with van der Waals surface area (Å²) in [5.41, 5.74) is 3.65. The van der Waals surface area contributed by atoms with Crippen molar-refractivity contribution in [3.05, 3.63) is 59.4 Å². The number of fused-ring (bicyclic) bond motifs is 1. The Kier molecular flexibility index (Phi) is 5.28. The maximum absolute atomic E-state index is 14.1. The van der Waals surface area contributed by atoms with Crippen molar-refractivity contribution in [2.45, 2.75) is 19.6 Å². The van der Waals surface area contributed by atoms with Gasteiger partial charge in [0.15, 0.2) is 17.4 Å². The average Bonchev–Trinajstić information content (AvgIpc) is 3.05. The van der Waals surface area contributed by atoms with Crippen molar-refractivity contribution < 1.29 is 18.3 Å². The van der Waals surface area contributed by atoms with Crippen LogP contribution in [0.15, 0.2) is 36.7 Å². The number of hydrogen-bond acceptors (Lipinski definition) is 4. The first-order valence-electron chi connectivity index (χ1n) is 9.40. The van der Waals surface area contributed by atoms with Crippen molar-refractivity contribution in [3.63, 3.8) is 0 Å². The lowest BCUT2D eigenvalue weighted by molar-refractivity contribution is -0.0329. The molecule has 3 aromatic rings. The molecule has 1 aliphatic heterocycles. The second-order valence-corrected chi connectivity index (χ2v) is 7.02. The number of rotatable bonds is 5. The van der Waals surface area contributed by atoms with Gasteiger partial charge in [0.1, 0.15) is 0 Å². The molecule has 4 rings (SSSR count).